The maximum Gasteiger partial charge on any atom is 0.146 e. The number of benzene rings is 1. The molecule has 2 rings (SSSR count). The molecular weight excluding hydrogens is 356 g/mol. The molecule has 1 aromatic carbocycles. The third kappa shape index (κ3) is 5.68. The molecule has 152 valence electrons. The van der Waals surface area contributed by atoms with Crippen LogP contribution in [0.3, 0.4) is 0 Å². The number of aliphatic hydroxyl groups is 2. The summed E-state index contributed by atoms with van der Waals surface area (Å²) in [6.45, 7) is 5.53. The normalized spacial score (nSPS) is 15.4. The van der Waals surface area contributed by atoms with Gasteiger partial charge in [0, 0.05) is 24.9 Å². The van der Waals surface area contributed by atoms with Crippen molar-refractivity contribution in [3.05, 3.63) is 47.4 Å². The van der Waals surface area contributed by atoms with E-state index < -0.39 is 0 Å². The van der Waals surface area contributed by atoms with Gasteiger partial charge in [-0.1, -0.05) is 13.3 Å². The summed E-state index contributed by atoms with van der Waals surface area (Å²) in [5, 5.41) is 26.5. The van der Waals surface area contributed by atoms with Crippen molar-refractivity contribution in [3.63, 3.8) is 0 Å². The van der Waals surface area contributed by atoms with Crippen LogP contribution in [-0.2, 0) is 4.74 Å². The van der Waals surface area contributed by atoms with Gasteiger partial charge in [0.25, 0.3) is 0 Å². The predicted molar refractivity (Wildman–Crippen MR) is 114 cm³/mol. The van der Waals surface area contributed by atoms with Crippen LogP contribution >= 0.6 is 0 Å². The molecule has 28 heavy (non-hydrogen) atoms. The molecule has 0 saturated carbocycles. The molecule has 0 radical (unpaired) electrons. The van der Waals surface area contributed by atoms with Crippen LogP contribution in [0.25, 0.3) is 0 Å². The Morgan fingerprint density at radius 2 is 1.89 bits per heavy atom. The van der Waals surface area contributed by atoms with Crippen molar-refractivity contribution in [3.8, 4) is 0 Å². The number of nitrogens with two attached hydrogens (primary N) is 1. The monoisotopic (exact) mass is 386 g/mol. The van der Waals surface area contributed by atoms with Crippen LogP contribution in [0.4, 0.5) is 11.4 Å². The van der Waals surface area contributed by atoms with Gasteiger partial charge in [-0.25, -0.2) is 4.99 Å². The summed E-state index contributed by atoms with van der Waals surface area (Å²) < 4.78 is 5.69. The van der Waals surface area contributed by atoms with E-state index in [1.54, 1.807) is 12.2 Å². The van der Waals surface area contributed by atoms with Crippen molar-refractivity contribution in [1.82, 2.24) is 0 Å². The highest BCUT2D eigenvalue weighted by atomic mass is 16.5. The van der Waals surface area contributed by atoms with Crippen molar-refractivity contribution in [2.75, 3.05) is 37.8 Å². The molecule has 0 saturated heterocycles. The van der Waals surface area contributed by atoms with Crippen LogP contribution in [-0.4, -0.2) is 54.5 Å². The van der Waals surface area contributed by atoms with Crippen LogP contribution in [0.2, 0.25) is 0 Å². The van der Waals surface area contributed by atoms with E-state index in [4.69, 9.17) is 15.9 Å². The van der Waals surface area contributed by atoms with E-state index in [2.05, 4.69) is 11.9 Å². The first-order valence-electron chi connectivity index (χ1n) is 9.57. The number of ether oxygens (including phenoxy) is 1. The number of aliphatic hydroxyl groups excluding tert-OH is 2. The summed E-state index contributed by atoms with van der Waals surface area (Å²) in [5.41, 5.74) is 9.94. The molecule has 0 aromatic heterocycles. The molecule has 7 heteroatoms. The van der Waals surface area contributed by atoms with Gasteiger partial charge in [0.05, 0.1) is 42.6 Å². The molecule has 1 aliphatic rings. The SMILES string of the molecule is CCCCOC1=C/C(=N/c2ccc(N(CCO)CCO)cc2C)C(N)=CC1=N. The number of unbranched alkanes of at least 4 members (excludes halogenated alkanes) is 1. The van der Waals surface area contributed by atoms with Crippen molar-refractivity contribution in [1.29, 1.82) is 5.41 Å². The Balaban J connectivity index is 2.27. The minimum atomic E-state index is 0.0159. The molecule has 0 spiro atoms. The molecular formula is C21H30N4O3. The Labute approximate surface area is 166 Å². The lowest BCUT2D eigenvalue weighted by Crippen LogP contribution is -2.29. The Morgan fingerprint density at radius 1 is 1.18 bits per heavy atom. The van der Waals surface area contributed by atoms with E-state index >= 15 is 0 Å². The van der Waals surface area contributed by atoms with E-state index in [9.17, 15) is 10.2 Å². The zero-order chi connectivity index (χ0) is 20.5. The van der Waals surface area contributed by atoms with Crippen molar-refractivity contribution in [2.45, 2.75) is 26.7 Å². The average Bonchev–Trinajstić information content (AvgIpc) is 2.66. The smallest absolute Gasteiger partial charge is 0.146 e. The highest BCUT2D eigenvalue weighted by Gasteiger charge is 2.16. The lowest BCUT2D eigenvalue weighted by Gasteiger charge is -2.23. The minimum Gasteiger partial charge on any atom is -0.491 e. The minimum absolute atomic E-state index is 0.0159. The summed E-state index contributed by atoms with van der Waals surface area (Å²) in [4.78, 5) is 6.57. The molecule has 1 aromatic rings. The predicted octanol–water partition coefficient (Wildman–Crippen LogP) is 2.44. The van der Waals surface area contributed by atoms with Gasteiger partial charge in [-0.2, -0.15) is 0 Å². The number of anilines is 1. The van der Waals surface area contributed by atoms with Crippen LogP contribution in [0, 0.1) is 12.3 Å². The molecule has 1 aliphatic carbocycles. The number of rotatable bonds is 10. The first-order chi connectivity index (χ1) is 13.5. The lowest BCUT2D eigenvalue weighted by atomic mass is 10.1. The summed E-state index contributed by atoms with van der Waals surface area (Å²) in [5.74, 6) is 0.479. The van der Waals surface area contributed by atoms with Crippen molar-refractivity contribution in [2.24, 2.45) is 10.7 Å². The molecule has 5 N–H and O–H groups in total. The van der Waals surface area contributed by atoms with Crippen LogP contribution in [0.15, 0.2) is 46.8 Å². The number of aryl methyl sites for hydroxylation is 1. The second kappa shape index (κ2) is 10.6. The quantitative estimate of drug-likeness (QED) is 0.364. The molecule has 7 nitrogen and oxygen atoms in total. The van der Waals surface area contributed by atoms with Gasteiger partial charge in [0.2, 0.25) is 0 Å². The van der Waals surface area contributed by atoms with E-state index in [1.165, 1.54) is 0 Å². The highest BCUT2D eigenvalue weighted by Crippen LogP contribution is 2.26. The number of nitrogens with zero attached hydrogens (tertiary/aromatic N) is 2. The maximum atomic E-state index is 9.22. The Hall–Kier alpha value is -2.64. The van der Waals surface area contributed by atoms with Gasteiger partial charge in [0.1, 0.15) is 5.76 Å². The van der Waals surface area contributed by atoms with Gasteiger partial charge in [-0.05, 0) is 43.2 Å². The topological polar surface area (TPSA) is 115 Å². The molecule has 0 amide bonds. The molecule has 0 unspecified atom stereocenters. The van der Waals surface area contributed by atoms with Crippen LogP contribution in [0.5, 0.6) is 0 Å². The summed E-state index contributed by atoms with van der Waals surface area (Å²) in [6, 6.07) is 5.76. The number of aliphatic imine (C=N–C) groups is 1. The second-order valence-electron chi connectivity index (χ2n) is 6.63. The third-order valence-electron chi connectivity index (χ3n) is 4.41. The molecule has 0 fully saturated rings. The Kier molecular flexibility index (Phi) is 8.22. The number of nitrogens with one attached hydrogen (secondary N) is 1. The van der Waals surface area contributed by atoms with Crippen molar-refractivity contribution < 1.29 is 14.9 Å². The fourth-order valence-electron chi connectivity index (χ4n) is 2.83. The Bertz CT molecular complexity index is 778. The number of allylic oxidation sites excluding steroid dienone is 2. The first-order valence-corrected chi connectivity index (χ1v) is 9.57. The second-order valence-corrected chi connectivity index (χ2v) is 6.63. The zero-order valence-electron chi connectivity index (χ0n) is 16.6. The average molecular weight is 386 g/mol. The largest absolute Gasteiger partial charge is 0.491 e. The summed E-state index contributed by atoms with van der Waals surface area (Å²) in [7, 11) is 0. The van der Waals surface area contributed by atoms with E-state index in [1.807, 2.05) is 30.0 Å². The van der Waals surface area contributed by atoms with E-state index in [-0.39, 0.29) is 18.9 Å². The van der Waals surface area contributed by atoms with Crippen molar-refractivity contribution >= 4 is 22.8 Å². The standard InChI is InChI=1S/C21H30N4O3/c1-3-4-11-28-21-14-20(17(22)13-18(21)23)24-19-6-5-16(12-15(19)2)25(7-9-26)8-10-27/h5-6,12-14,23,26-27H,3-4,7-11,22H2,1-2H3/b23-18?,24-20-. The molecule has 0 aliphatic heterocycles. The maximum absolute atomic E-state index is 9.22. The number of hydrogen-bond acceptors (Lipinski definition) is 7. The van der Waals surface area contributed by atoms with Gasteiger partial charge in [-0.15, -0.1) is 0 Å². The van der Waals surface area contributed by atoms with Gasteiger partial charge in [-0.3, -0.25) is 5.41 Å². The highest BCUT2D eigenvalue weighted by molar-refractivity contribution is 6.22. The fraction of sp³-hybridized carbons (Fsp3) is 0.429. The molecule has 0 atom stereocenters. The van der Waals surface area contributed by atoms with Gasteiger partial charge >= 0.3 is 0 Å². The number of hydrogen-bond donors (Lipinski definition) is 4. The molecule has 0 heterocycles. The Morgan fingerprint density at radius 3 is 2.50 bits per heavy atom. The fourth-order valence-corrected chi connectivity index (χ4v) is 2.83. The van der Waals surface area contributed by atoms with Crippen LogP contribution < -0.4 is 10.6 Å². The zero-order valence-corrected chi connectivity index (χ0v) is 16.6. The first kappa shape index (κ1) is 21.7. The van der Waals surface area contributed by atoms with Gasteiger partial charge < -0.3 is 25.6 Å². The van der Waals surface area contributed by atoms with E-state index in [0.717, 1.165) is 29.8 Å². The summed E-state index contributed by atoms with van der Waals surface area (Å²) >= 11 is 0. The summed E-state index contributed by atoms with van der Waals surface area (Å²) in [6.07, 6.45) is 5.22. The third-order valence-corrected chi connectivity index (χ3v) is 4.41. The molecule has 0 bridgehead atoms. The van der Waals surface area contributed by atoms with Crippen LogP contribution in [0.1, 0.15) is 25.3 Å². The van der Waals surface area contributed by atoms with Gasteiger partial charge in [0.15, 0.2) is 0 Å². The van der Waals surface area contributed by atoms with E-state index in [0.29, 0.717) is 36.9 Å². The lowest BCUT2D eigenvalue weighted by molar-refractivity contribution is 0.226.